The molecule has 134 valence electrons. The summed E-state index contributed by atoms with van der Waals surface area (Å²) in [7, 11) is 4.12. The fraction of sp³-hybridized carbons (Fsp3) is 0.200. The van der Waals surface area contributed by atoms with Crippen LogP contribution in [0.5, 0.6) is 5.88 Å². The summed E-state index contributed by atoms with van der Waals surface area (Å²) in [5.74, 6) is 0.302. The lowest BCUT2D eigenvalue weighted by atomic mass is 10.2. The van der Waals surface area contributed by atoms with Crippen molar-refractivity contribution in [2.45, 2.75) is 0 Å². The Kier molecular flexibility index (Phi) is 4.12. The van der Waals surface area contributed by atoms with E-state index in [2.05, 4.69) is 15.2 Å². The summed E-state index contributed by atoms with van der Waals surface area (Å²) in [4.78, 5) is 53.2. The number of methoxy groups -OCH3 is 1. The monoisotopic (exact) mass is 358 g/mol. The minimum Gasteiger partial charge on any atom is -0.481 e. The third kappa shape index (κ3) is 2.64. The first-order valence-electron chi connectivity index (χ1n) is 7.35. The van der Waals surface area contributed by atoms with Crippen LogP contribution in [0.1, 0.15) is 0 Å². The lowest BCUT2D eigenvalue weighted by Crippen LogP contribution is -2.42. The quantitative estimate of drug-likeness (QED) is 0.557. The lowest BCUT2D eigenvalue weighted by molar-refractivity contribution is 0.397. The maximum atomic E-state index is 12.8. The van der Waals surface area contributed by atoms with Gasteiger partial charge in [-0.05, 0) is 6.07 Å². The smallest absolute Gasteiger partial charge is 0.351 e. The van der Waals surface area contributed by atoms with Gasteiger partial charge in [0.05, 0.1) is 24.6 Å². The van der Waals surface area contributed by atoms with Crippen LogP contribution in [0.2, 0.25) is 0 Å². The van der Waals surface area contributed by atoms with Crippen LogP contribution in [-0.2, 0) is 14.1 Å². The molecule has 26 heavy (non-hydrogen) atoms. The van der Waals surface area contributed by atoms with Gasteiger partial charge in [0.15, 0.2) is 5.69 Å². The Morgan fingerprint density at radius 1 is 1.08 bits per heavy atom. The van der Waals surface area contributed by atoms with Crippen molar-refractivity contribution >= 4 is 0 Å². The first kappa shape index (κ1) is 17.1. The molecule has 1 N–H and O–H groups in total. The molecule has 0 saturated carbocycles. The highest BCUT2D eigenvalue weighted by atomic mass is 16.5. The summed E-state index contributed by atoms with van der Waals surface area (Å²) in [6, 6.07) is 2.94. The zero-order valence-electron chi connectivity index (χ0n) is 14.1. The highest BCUT2D eigenvalue weighted by molar-refractivity contribution is 5.56. The van der Waals surface area contributed by atoms with Gasteiger partial charge < -0.3 is 9.84 Å². The van der Waals surface area contributed by atoms with Crippen molar-refractivity contribution in [1.29, 1.82) is 0 Å². The van der Waals surface area contributed by atoms with E-state index in [1.807, 2.05) is 0 Å². The van der Waals surface area contributed by atoms with Gasteiger partial charge in [0.2, 0.25) is 5.88 Å². The Labute approximate surface area is 144 Å². The number of H-pyrrole nitrogens is 1. The van der Waals surface area contributed by atoms with Crippen molar-refractivity contribution < 1.29 is 4.74 Å². The number of hydrogen-bond donors (Lipinski definition) is 1. The standard InChI is InChI=1S/C15H14N6O5/c1-19-14(24)12(22)9(7-17-19)11-13(23)21(15(25)20(2)18-11)8-4-5-10(26-3)16-6-8/h4-7,17H,1-3H3. The number of ether oxygens (including phenoxy) is 1. The molecule has 0 bridgehead atoms. The van der Waals surface area contributed by atoms with E-state index >= 15 is 0 Å². The summed E-state index contributed by atoms with van der Waals surface area (Å²) in [5, 5.41) is 6.39. The second-order valence-electron chi connectivity index (χ2n) is 5.33. The minimum absolute atomic E-state index is 0.167. The molecule has 0 fully saturated rings. The maximum absolute atomic E-state index is 12.8. The molecule has 0 atom stereocenters. The topological polar surface area (TPSA) is 134 Å². The SMILES string of the molecule is COc1ccc(-n2c(=O)c(-c3c[nH]n(C)c(=O)c3=O)nn(C)c2=O)cn1. The van der Waals surface area contributed by atoms with E-state index in [-0.39, 0.29) is 16.9 Å². The second kappa shape index (κ2) is 6.27. The highest BCUT2D eigenvalue weighted by Crippen LogP contribution is 2.09. The van der Waals surface area contributed by atoms with E-state index in [1.165, 1.54) is 45.7 Å². The molecule has 0 aliphatic rings. The number of aryl methyl sites for hydroxylation is 2. The Bertz CT molecular complexity index is 1220. The first-order valence-corrected chi connectivity index (χ1v) is 7.35. The number of hydrogen-bond acceptors (Lipinski definition) is 7. The molecule has 0 aliphatic heterocycles. The molecule has 0 unspecified atom stereocenters. The Balaban J connectivity index is 2.34. The molecule has 3 aromatic rings. The number of aromatic amines is 1. The van der Waals surface area contributed by atoms with E-state index in [4.69, 9.17) is 4.74 Å². The summed E-state index contributed by atoms with van der Waals surface area (Å²) >= 11 is 0. The van der Waals surface area contributed by atoms with E-state index < -0.39 is 22.2 Å². The largest absolute Gasteiger partial charge is 0.481 e. The van der Waals surface area contributed by atoms with Gasteiger partial charge in [0.25, 0.3) is 11.0 Å². The van der Waals surface area contributed by atoms with Crippen LogP contribution in [0.4, 0.5) is 0 Å². The van der Waals surface area contributed by atoms with Crippen molar-refractivity contribution in [3.8, 4) is 22.8 Å². The van der Waals surface area contributed by atoms with Gasteiger partial charge in [0.1, 0.15) is 0 Å². The molecule has 0 spiro atoms. The zero-order chi connectivity index (χ0) is 19.0. The van der Waals surface area contributed by atoms with Crippen LogP contribution in [0.25, 0.3) is 16.9 Å². The summed E-state index contributed by atoms with van der Waals surface area (Å²) in [6.07, 6.45) is 2.47. The predicted octanol–water partition coefficient (Wildman–Crippen LogP) is -1.61. The molecule has 11 nitrogen and oxygen atoms in total. The second-order valence-corrected chi connectivity index (χ2v) is 5.33. The molecule has 11 heteroatoms. The summed E-state index contributed by atoms with van der Waals surface area (Å²) in [5.41, 5.74) is -3.74. The Morgan fingerprint density at radius 2 is 1.81 bits per heavy atom. The summed E-state index contributed by atoms with van der Waals surface area (Å²) in [6.45, 7) is 0. The van der Waals surface area contributed by atoms with Gasteiger partial charge in [0, 0.05) is 26.4 Å². The number of nitrogens with zero attached hydrogens (tertiary/aromatic N) is 5. The molecule has 3 rings (SSSR count). The van der Waals surface area contributed by atoms with Crippen molar-refractivity contribution in [2.75, 3.05) is 7.11 Å². The number of nitrogens with one attached hydrogen (secondary N) is 1. The van der Waals surface area contributed by atoms with Crippen LogP contribution in [-0.4, -0.2) is 36.2 Å². The molecular formula is C15H14N6O5. The molecule has 0 amide bonds. The highest BCUT2D eigenvalue weighted by Gasteiger charge is 2.19. The average Bonchev–Trinajstić information content (AvgIpc) is 2.64. The average molecular weight is 358 g/mol. The van der Waals surface area contributed by atoms with Gasteiger partial charge in [-0.1, -0.05) is 0 Å². The molecule has 0 aliphatic carbocycles. The van der Waals surface area contributed by atoms with E-state index in [0.29, 0.717) is 5.88 Å². The molecule has 0 aromatic carbocycles. The van der Waals surface area contributed by atoms with E-state index in [0.717, 1.165) is 13.9 Å². The fourth-order valence-corrected chi connectivity index (χ4v) is 2.32. The predicted molar refractivity (Wildman–Crippen MR) is 90.7 cm³/mol. The minimum atomic E-state index is -0.908. The number of rotatable bonds is 3. The van der Waals surface area contributed by atoms with Crippen LogP contribution < -0.4 is 27.0 Å². The van der Waals surface area contributed by atoms with Gasteiger partial charge in [-0.3, -0.25) is 19.1 Å². The molecule has 3 heterocycles. The van der Waals surface area contributed by atoms with Crippen molar-refractivity contribution in [2.24, 2.45) is 14.1 Å². The molecular weight excluding hydrogens is 344 g/mol. The van der Waals surface area contributed by atoms with Gasteiger partial charge in [-0.2, -0.15) is 5.10 Å². The van der Waals surface area contributed by atoms with Gasteiger partial charge in [-0.15, -0.1) is 0 Å². The van der Waals surface area contributed by atoms with Gasteiger partial charge >= 0.3 is 11.2 Å². The Morgan fingerprint density at radius 3 is 2.42 bits per heavy atom. The zero-order valence-corrected chi connectivity index (χ0v) is 14.1. The Hall–Kier alpha value is -3.76. The van der Waals surface area contributed by atoms with Crippen molar-refractivity contribution in [1.82, 2.24) is 29.1 Å². The number of pyridine rings is 1. The van der Waals surface area contributed by atoms with Crippen LogP contribution >= 0.6 is 0 Å². The first-order chi connectivity index (χ1) is 12.3. The fourth-order valence-electron chi connectivity index (χ4n) is 2.32. The van der Waals surface area contributed by atoms with E-state index in [1.54, 1.807) is 0 Å². The lowest BCUT2D eigenvalue weighted by Gasteiger charge is -2.09. The molecule has 0 radical (unpaired) electrons. The third-order valence-electron chi connectivity index (χ3n) is 3.71. The van der Waals surface area contributed by atoms with E-state index in [9.17, 15) is 19.2 Å². The molecule has 0 saturated heterocycles. The van der Waals surface area contributed by atoms with Crippen LogP contribution in [0.15, 0.2) is 43.7 Å². The summed E-state index contributed by atoms with van der Waals surface area (Å²) < 4.78 is 7.63. The normalized spacial score (nSPS) is 10.7. The maximum Gasteiger partial charge on any atom is 0.351 e. The third-order valence-corrected chi connectivity index (χ3v) is 3.71. The van der Waals surface area contributed by atoms with Crippen LogP contribution in [0.3, 0.4) is 0 Å². The van der Waals surface area contributed by atoms with Gasteiger partial charge in [-0.25, -0.2) is 19.0 Å². The van der Waals surface area contributed by atoms with Crippen LogP contribution in [0, 0.1) is 0 Å². The number of aromatic nitrogens is 6. The van der Waals surface area contributed by atoms with Crippen molar-refractivity contribution in [3.63, 3.8) is 0 Å². The molecule has 3 aromatic heterocycles. The van der Waals surface area contributed by atoms with Crippen molar-refractivity contribution in [3.05, 3.63) is 65.9 Å².